The maximum absolute atomic E-state index is 12.9. The standard InChI is InChI=1S/C19H21N5O2/c1-12-4-5-13(2)17(10-12)20-19(25)16(18-21-23-24-22-18)11-14-6-8-15(26-3)9-7-14/h4-10,16H,11H2,1-3H3,(H,20,25)(H,21,22,23,24)/t16-/m0/s1. The molecule has 0 unspecified atom stereocenters. The van der Waals surface area contributed by atoms with Crippen molar-refractivity contribution in [2.24, 2.45) is 0 Å². The molecule has 0 aliphatic heterocycles. The molecule has 2 N–H and O–H groups in total. The minimum Gasteiger partial charge on any atom is -0.497 e. The molecule has 0 radical (unpaired) electrons. The van der Waals surface area contributed by atoms with Gasteiger partial charge in [0.2, 0.25) is 5.91 Å². The van der Waals surface area contributed by atoms with E-state index in [1.165, 1.54) is 0 Å². The number of tetrazole rings is 1. The molecule has 1 atom stereocenters. The molecular formula is C19H21N5O2. The van der Waals surface area contributed by atoms with Gasteiger partial charge in [-0.1, -0.05) is 29.5 Å². The van der Waals surface area contributed by atoms with Gasteiger partial charge in [0.05, 0.1) is 7.11 Å². The summed E-state index contributed by atoms with van der Waals surface area (Å²) in [6, 6.07) is 13.5. The predicted molar refractivity (Wildman–Crippen MR) is 98.2 cm³/mol. The van der Waals surface area contributed by atoms with Crippen LogP contribution in [-0.2, 0) is 11.2 Å². The van der Waals surface area contributed by atoms with Gasteiger partial charge in [0.25, 0.3) is 0 Å². The lowest BCUT2D eigenvalue weighted by Gasteiger charge is -2.16. The van der Waals surface area contributed by atoms with Gasteiger partial charge >= 0.3 is 0 Å². The van der Waals surface area contributed by atoms with Crippen LogP contribution in [0.15, 0.2) is 42.5 Å². The van der Waals surface area contributed by atoms with Gasteiger partial charge < -0.3 is 10.1 Å². The van der Waals surface area contributed by atoms with Gasteiger partial charge in [0, 0.05) is 5.69 Å². The smallest absolute Gasteiger partial charge is 0.235 e. The van der Waals surface area contributed by atoms with E-state index in [1.807, 2.05) is 56.3 Å². The molecule has 1 amide bonds. The van der Waals surface area contributed by atoms with Crippen LogP contribution in [0.25, 0.3) is 0 Å². The number of nitrogens with one attached hydrogen (secondary N) is 2. The maximum Gasteiger partial charge on any atom is 0.235 e. The van der Waals surface area contributed by atoms with Crippen molar-refractivity contribution in [2.75, 3.05) is 12.4 Å². The second kappa shape index (κ2) is 7.77. The number of anilines is 1. The number of nitrogens with zero attached hydrogens (tertiary/aromatic N) is 3. The van der Waals surface area contributed by atoms with E-state index in [-0.39, 0.29) is 5.91 Å². The molecule has 0 fully saturated rings. The zero-order valence-corrected chi connectivity index (χ0v) is 15.0. The van der Waals surface area contributed by atoms with E-state index < -0.39 is 5.92 Å². The normalized spacial score (nSPS) is 11.8. The number of hydrogen-bond acceptors (Lipinski definition) is 5. The fraction of sp³-hybridized carbons (Fsp3) is 0.263. The zero-order valence-electron chi connectivity index (χ0n) is 15.0. The minimum absolute atomic E-state index is 0.170. The van der Waals surface area contributed by atoms with Crippen molar-refractivity contribution in [3.63, 3.8) is 0 Å². The van der Waals surface area contributed by atoms with Gasteiger partial charge in [-0.3, -0.25) is 4.79 Å². The van der Waals surface area contributed by atoms with Gasteiger partial charge in [0.15, 0.2) is 5.82 Å². The van der Waals surface area contributed by atoms with E-state index in [0.717, 1.165) is 28.1 Å². The number of methoxy groups -OCH3 is 1. The summed E-state index contributed by atoms with van der Waals surface area (Å²) in [6.45, 7) is 3.95. The van der Waals surface area contributed by atoms with E-state index >= 15 is 0 Å². The monoisotopic (exact) mass is 351 g/mol. The minimum atomic E-state index is -0.554. The Bertz CT molecular complexity index is 875. The van der Waals surface area contributed by atoms with Crippen LogP contribution in [0.1, 0.15) is 28.4 Å². The molecule has 134 valence electrons. The number of aromatic amines is 1. The first-order chi connectivity index (χ1) is 12.6. The molecule has 1 heterocycles. The van der Waals surface area contributed by atoms with E-state index in [0.29, 0.717) is 12.2 Å². The molecule has 3 aromatic rings. The largest absolute Gasteiger partial charge is 0.497 e. The number of carbonyl (C=O) groups excluding carboxylic acids is 1. The van der Waals surface area contributed by atoms with Crippen molar-refractivity contribution < 1.29 is 9.53 Å². The third-order valence-corrected chi connectivity index (χ3v) is 4.24. The van der Waals surface area contributed by atoms with Crippen LogP contribution in [0.5, 0.6) is 5.75 Å². The van der Waals surface area contributed by atoms with Gasteiger partial charge in [-0.15, -0.1) is 10.2 Å². The summed E-state index contributed by atoms with van der Waals surface area (Å²) in [7, 11) is 1.62. The van der Waals surface area contributed by atoms with Crippen molar-refractivity contribution in [1.82, 2.24) is 20.6 Å². The highest BCUT2D eigenvalue weighted by molar-refractivity contribution is 5.96. The van der Waals surface area contributed by atoms with Crippen LogP contribution in [-0.4, -0.2) is 33.6 Å². The summed E-state index contributed by atoms with van der Waals surface area (Å²) in [5, 5.41) is 17.0. The van der Waals surface area contributed by atoms with Crippen LogP contribution >= 0.6 is 0 Å². The van der Waals surface area contributed by atoms with Gasteiger partial charge in [0.1, 0.15) is 11.7 Å². The van der Waals surface area contributed by atoms with Crippen molar-refractivity contribution >= 4 is 11.6 Å². The molecule has 0 bridgehead atoms. The maximum atomic E-state index is 12.9. The second-order valence-corrected chi connectivity index (χ2v) is 6.18. The molecule has 1 aromatic heterocycles. The van der Waals surface area contributed by atoms with Crippen molar-refractivity contribution in [3.05, 3.63) is 65.0 Å². The Morgan fingerprint density at radius 2 is 1.96 bits per heavy atom. The van der Waals surface area contributed by atoms with Crippen molar-refractivity contribution in [3.8, 4) is 5.75 Å². The van der Waals surface area contributed by atoms with E-state index in [9.17, 15) is 4.79 Å². The fourth-order valence-electron chi connectivity index (χ4n) is 2.71. The van der Waals surface area contributed by atoms with E-state index in [2.05, 4.69) is 25.9 Å². The molecule has 3 rings (SSSR count). The molecule has 0 saturated carbocycles. The molecule has 26 heavy (non-hydrogen) atoms. The highest BCUT2D eigenvalue weighted by Crippen LogP contribution is 2.23. The number of amides is 1. The molecule has 0 aliphatic carbocycles. The average Bonchev–Trinajstić information content (AvgIpc) is 3.17. The zero-order chi connectivity index (χ0) is 18.5. The topological polar surface area (TPSA) is 92.8 Å². The van der Waals surface area contributed by atoms with Gasteiger partial charge in [-0.2, -0.15) is 5.21 Å². The lowest BCUT2D eigenvalue weighted by atomic mass is 9.97. The first-order valence-corrected chi connectivity index (χ1v) is 8.31. The molecule has 7 nitrogen and oxygen atoms in total. The molecule has 0 saturated heterocycles. The Morgan fingerprint density at radius 3 is 2.62 bits per heavy atom. The fourth-order valence-corrected chi connectivity index (χ4v) is 2.71. The van der Waals surface area contributed by atoms with Crippen molar-refractivity contribution in [2.45, 2.75) is 26.2 Å². The van der Waals surface area contributed by atoms with Crippen LogP contribution in [0, 0.1) is 13.8 Å². The van der Waals surface area contributed by atoms with Gasteiger partial charge in [-0.05, 0) is 55.2 Å². The van der Waals surface area contributed by atoms with Crippen LogP contribution in [0.4, 0.5) is 5.69 Å². The Labute approximate surface area is 151 Å². The summed E-state index contributed by atoms with van der Waals surface area (Å²) in [5.41, 5.74) is 3.85. The lowest BCUT2D eigenvalue weighted by molar-refractivity contribution is -0.117. The van der Waals surface area contributed by atoms with Gasteiger partial charge in [-0.25, -0.2) is 0 Å². The summed E-state index contributed by atoms with van der Waals surface area (Å²) in [5.74, 6) is 0.409. The summed E-state index contributed by atoms with van der Waals surface area (Å²) in [6.07, 6.45) is 0.459. The predicted octanol–water partition coefficient (Wildman–Crippen LogP) is 2.79. The molecule has 2 aromatic carbocycles. The Morgan fingerprint density at radius 1 is 1.19 bits per heavy atom. The molecular weight excluding hydrogens is 330 g/mol. The summed E-state index contributed by atoms with van der Waals surface area (Å²) >= 11 is 0. The molecule has 7 heteroatoms. The number of benzene rings is 2. The first kappa shape index (κ1) is 17.6. The van der Waals surface area contributed by atoms with Crippen LogP contribution < -0.4 is 10.1 Å². The number of aryl methyl sites for hydroxylation is 2. The Balaban J connectivity index is 1.83. The van der Waals surface area contributed by atoms with Crippen LogP contribution in [0.2, 0.25) is 0 Å². The third-order valence-electron chi connectivity index (χ3n) is 4.24. The number of carbonyl (C=O) groups is 1. The second-order valence-electron chi connectivity index (χ2n) is 6.18. The molecule has 0 aliphatic rings. The number of hydrogen-bond donors (Lipinski definition) is 2. The quantitative estimate of drug-likeness (QED) is 0.712. The number of aromatic nitrogens is 4. The van der Waals surface area contributed by atoms with Crippen LogP contribution in [0.3, 0.4) is 0 Å². The summed E-state index contributed by atoms with van der Waals surface area (Å²) in [4.78, 5) is 12.9. The number of ether oxygens (including phenoxy) is 1. The Hall–Kier alpha value is -3.22. The number of rotatable bonds is 6. The SMILES string of the molecule is COc1ccc(C[C@H](C(=O)Nc2cc(C)ccc2C)c2nn[nH]n2)cc1. The van der Waals surface area contributed by atoms with Crippen molar-refractivity contribution in [1.29, 1.82) is 0 Å². The lowest BCUT2D eigenvalue weighted by Crippen LogP contribution is -2.24. The van der Waals surface area contributed by atoms with E-state index in [1.54, 1.807) is 7.11 Å². The first-order valence-electron chi connectivity index (χ1n) is 8.31. The molecule has 0 spiro atoms. The summed E-state index contributed by atoms with van der Waals surface area (Å²) < 4.78 is 5.18. The average molecular weight is 351 g/mol. The Kier molecular flexibility index (Phi) is 5.26. The van der Waals surface area contributed by atoms with E-state index in [4.69, 9.17) is 4.74 Å². The highest BCUT2D eigenvalue weighted by atomic mass is 16.5. The third kappa shape index (κ3) is 4.05. The number of H-pyrrole nitrogens is 1. The highest BCUT2D eigenvalue weighted by Gasteiger charge is 2.26.